The van der Waals surface area contributed by atoms with E-state index < -0.39 is 10.8 Å². The highest BCUT2D eigenvalue weighted by atomic mass is 35.5. The standard InChI is InChI=1S/C21H16ClN5O5/c1-31-18-6-3-12(8-19(18)32-2)20-14(11-24-26-20)7-13(10-23)21(28)25-17-9-15(27(29)30)4-5-16(17)22/h3-9,11H,1-2H3,(H,24,26)(H,25,28). The van der Waals surface area contributed by atoms with Gasteiger partial charge in [0.25, 0.3) is 11.6 Å². The smallest absolute Gasteiger partial charge is 0.271 e. The maximum absolute atomic E-state index is 12.6. The maximum atomic E-state index is 12.6. The number of hydrogen-bond acceptors (Lipinski definition) is 7. The van der Waals surface area contributed by atoms with Crippen molar-refractivity contribution in [1.29, 1.82) is 5.26 Å². The topological polar surface area (TPSA) is 143 Å². The lowest BCUT2D eigenvalue weighted by molar-refractivity contribution is -0.384. The van der Waals surface area contributed by atoms with Crippen LogP contribution in [0.2, 0.25) is 5.02 Å². The van der Waals surface area contributed by atoms with Gasteiger partial charge in [0, 0.05) is 23.3 Å². The molecule has 0 fully saturated rings. The molecule has 0 bridgehead atoms. The highest BCUT2D eigenvalue weighted by Gasteiger charge is 2.17. The number of nitrogens with zero attached hydrogens (tertiary/aromatic N) is 3. The molecule has 3 aromatic rings. The van der Waals surface area contributed by atoms with Crippen LogP contribution in [0, 0.1) is 21.4 Å². The first-order valence-electron chi connectivity index (χ1n) is 9.00. The number of hydrogen-bond donors (Lipinski definition) is 2. The first kappa shape index (κ1) is 22.3. The van der Waals surface area contributed by atoms with Gasteiger partial charge in [-0.15, -0.1) is 0 Å². The Hall–Kier alpha value is -4.36. The van der Waals surface area contributed by atoms with Gasteiger partial charge in [0.15, 0.2) is 11.5 Å². The Morgan fingerprint density at radius 3 is 2.66 bits per heavy atom. The summed E-state index contributed by atoms with van der Waals surface area (Å²) in [4.78, 5) is 23.0. The molecule has 0 spiro atoms. The van der Waals surface area contributed by atoms with Crippen LogP contribution in [0.5, 0.6) is 11.5 Å². The number of halogens is 1. The van der Waals surface area contributed by atoms with Crippen LogP contribution >= 0.6 is 11.6 Å². The van der Waals surface area contributed by atoms with Gasteiger partial charge in [0.2, 0.25) is 0 Å². The highest BCUT2D eigenvalue weighted by Crippen LogP contribution is 2.33. The molecular weight excluding hydrogens is 438 g/mol. The molecule has 1 heterocycles. The summed E-state index contributed by atoms with van der Waals surface area (Å²) >= 11 is 6.02. The second-order valence-corrected chi connectivity index (χ2v) is 6.72. The highest BCUT2D eigenvalue weighted by molar-refractivity contribution is 6.34. The Bertz CT molecular complexity index is 1260. The monoisotopic (exact) mass is 453 g/mol. The number of nitriles is 1. The molecule has 0 saturated heterocycles. The van der Waals surface area contributed by atoms with E-state index in [-0.39, 0.29) is 22.0 Å². The van der Waals surface area contributed by atoms with Crippen molar-refractivity contribution in [2.24, 2.45) is 0 Å². The van der Waals surface area contributed by atoms with Crippen LogP contribution < -0.4 is 14.8 Å². The van der Waals surface area contributed by atoms with Crippen molar-refractivity contribution in [3.05, 3.63) is 68.9 Å². The molecule has 0 aliphatic heterocycles. The van der Waals surface area contributed by atoms with E-state index in [2.05, 4.69) is 15.5 Å². The lowest BCUT2D eigenvalue weighted by Crippen LogP contribution is -2.14. The Kier molecular flexibility index (Phi) is 6.72. The third kappa shape index (κ3) is 4.69. The average Bonchev–Trinajstić information content (AvgIpc) is 3.26. The summed E-state index contributed by atoms with van der Waals surface area (Å²) in [5.41, 5.74) is 1.20. The van der Waals surface area contributed by atoms with Gasteiger partial charge in [0.05, 0.1) is 41.7 Å². The quantitative estimate of drug-likeness (QED) is 0.236. The van der Waals surface area contributed by atoms with Crippen molar-refractivity contribution in [3.8, 4) is 28.8 Å². The molecule has 32 heavy (non-hydrogen) atoms. The number of anilines is 1. The summed E-state index contributed by atoms with van der Waals surface area (Å²) in [6.07, 6.45) is 2.80. The minimum atomic E-state index is -0.783. The number of nitro benzene ring substituents is 1. The third-order valence-corrected chi connectivity index (χ3v) is 4.74. The van der Waals surface area contributed by atoms with E-state index in [4.69, 9.17) is 21.1 Å². The van der Waals surface area contributed by atoms with Crippen molar-refractivity contribution in [2.45, 2.75) is 0 Å². The van der Waals surface area contributed by atoms with E-state index in [1.165, 1.54) is 38.6 Å². The summed E-state index contributed by atoms with van der Waals surface area (Å²) in [5.74, 6) is 0.251. The fourth-order valence-electron chi connectivity index (χ4n) is 2.84. The summed E-state index contributed by atoms with van der Waals surface area (Å²) in [6.45, 7) is 0. The minimum absolute atomic E-state index is 0.0133. The lowest BCUT2D eigenvalue weighted by atomic mass is 10.1. The van der Waals surface area contributed by atoms with Crippen LogP contribution in [0.15, 0.2) is 48.2 Å². The summed E-state index contributed by atoms with van der Waals surface area (Å²) in [7, 11) is 3.03. The number of nitrogens with one attached hydrogen (secondary N) is 2. The van der Waals surface area contributed by atoms with Crippen LogP contribution in [0.3, 0.4) is 0 Å². The van der Waals surface area contributed by atoms with Crippen molar-refractivity contribution in [2.75, 3.05) is 19.5 Å². The van der Waals surface area contributed by atoms with E-state index in [0.29, 0.717) is 28.3 Å². The SMILES string of the molecule is COc1ccc(-c2[nH]ncc2C=C(C#N)C(=O)Nc2cc([N+](=O)[O-])ccc2Cl)cc1OC. The largest absolute Gasteiger partial charge is 0.493 e. The van der Waals surface area contributed by atoms with Crippen molar-refractivity contribution >= 4 is 35.0 Å². The number of rotatable bonds is 7. The lowest BCUT2D eigenvalue weighted by Gasteiger charge is -2.09. The van der Waals surface area contributed by atoms with Crippen LogP contribution in [-0.4, -0.2) is 35.2 Å². The zero-order valence-electron chi connectivity index (χ0n) is 16.9. The van der Waals surface area contributed by atoms with Gasteiger partial charge in [-0.25, -0.2) is 0 Å². The van der Waals surface area contributed by atoms with Crippen molar-refractivity contribution < 1.29 is 19.2 Å². The molecule has 0 aliphatic carbocycles. The second-order valence-electron chi connectivity index (χ2n) is 6.32. The molecule has 1 aromatic heterocycles. The van der Waals surface area contributed by atoms with Crippen LogP contribution in [0.1, 0.15) is 5.56 Å². The zero-order valence-corrected chi connectivity index (χ0v) is 17.6. The zero-order chi connectivity index (χ0) is 23.3. The molecule has 10 nitrogen and oxygen atoms in total. The Morgan fingerprint density at radius 1 is 1.25 bits per heavy atom. The molecule has 2 N–H and O–H groups in total. The summed E-state index contributed by atoms with van der Waals surface area (Å²) < 4.78 is 10.5. The predicted molar refractivity (Wildman–Crippen MR) is 117 cm³/mol. The fraction of sp³-hybridized carbons (Fsp3) is 0.0952. The number of methoxy groups -OCH3 is 2. The average molecular weight is 454 g/mol. The number of H-pyrrole nitrogens is 1. The normalized spacial score (nSPS) is 10.9. The van der Waals surface area contributed by atoms with Gasteiger partial charge in [-0.2, -0.15) is 10.4 Å². The molecule has 2 aromatic carbocycles. The molecule has 0 aliphatic rings. The summed E-state index contributed by atoms with van der Waals surface area (Å²) in [6, 6.07) is 10.6. The van der Waals surface area contributed by atoms with Crippen LogP contribution in [-0.2, 0) is 4.79 Å². The number of carbonyl (C=O) groups is 1. The second kappa shape index (κ2) is 9.63. The van der Waals surface area contributed by atoms with Crippen LogP contribution in [0.4, 0.5) is 11.4 Å². The number of aromatic amines is 1. The molecule has 0 radical (unpaired) electrons. The fourth-order valence-corrected chi connectivity index (χ4v) is 3.01. The van der Waals surface area contributed by atoms with E-state index in [0.717, 1.165) is 6.07 Å². The number of benzene rings is 2. The summed E-state index contributed by atoms with van der Waals surface area (Å²) in [5, 5.41) is 29.8. The molecule has 1 amide bonds. The van der Waals surface area contributed by atoms with Gasteiger partial charge < -0.3 is 14.8 Å². The molecule has 0 saturated carbocycles. The van der Waals surface area contributed by atoms with Crippen LogP contribution in [0.25, 0.3) is 17.3 Å². The van der Waals surface area contributed by atoms with Crippen molar-refractivity contribution in [1.82, 2.24) is 10.2 Å². The van der Waals surface area contributed by atoms with Gasteiger partial charge in [-0.1, -0.05) is 11.6 Å². The Morgan fingerprint density at radius 2 is 2.00 bits per heavy atom. The Labute approximate surface area is 187 Å². The van der Waals surface area contributed by atoms with Gasteiger partial charge in [0.1, 0.15) is 11.6 Å². The molecule has 11 heteroatoms. The molecular formula is C21H16ClN5O5. The number of aromatic nitrogens is 2. The minimum Gasteiger partial charge on any atom is -0.493 e. The Balaban J connectivity index is 1.93. The molecule has 3 rings (SSSR count). The van der Waals surface area contributed by atoms with Gasteiger partial charge in [-0.3, -0.25) is 20.0 Å². The number of carbonyl (C=O) groups excluding carboxylic acids is 1. The van der Waals surface area contributed by atoms with Crippen molar-refractivity contribution in [3.63, 3.8) is 0 Å². The van der Waals surface area contributed by atoms with E-state index in [9.17, 15) is 20.2 Å². The number of non-ortho nitro benzene ring substituents is 1. The van der Waals surface area contributed by atoms with Gasteiger partial charge >= 0.3 is 0 Å². The number of ether oxygens (including phenoxy) is 2. The number of nitro groups is 1. The molecule has 0 unspecified atom stereocenters. The first-order chi connectivity index (χ1) is 15.4. The van der Waals surface area contributed by atoms with E-state index >= 15 is 0 Å². The van der Waals surface area contributed by atoms with E-state index in [1.54, 1.807) is 18.2 Å². The molecule has 162 valence electrons. The maximum Gasteiger partial charge on any atom is 0.271 e. The third-order valence-electron chi connectivity index (χ3n) is 4.41. The molecule has 0 atom stereocenters. The number of amides is 1. The van der Waals surface area contributed by atoms with Gasteiger partial charge in [-0.05, 0) is 30.3 Å². The van der Waals surface area contributed by atoms with E-state index in [1.807, 2.05) is 6.07 Å². The predicted octanol–water partition coefficient (Wildman–Crippen LogP) is 4.20. The first-order valence-corrected chi connectivity index (χ1v) is 9.38.